The molecule has 1 atom stereocenters. The van der Waals surface area contributed by atoms with Crippen molar-refractivity contribution in [1.82, 2.24) is 0 Å². The van der Waals surface area contributed by atoms with E-state index in [1.54, 1.807) is 0 Å². The maximum atomic E-state index is 9.85. The average Bonchev–Trinajstić information content (AvgIpc) is 2.40. The van der Waals surface area contributed by atoms with E-state index in [1.807, 2.05) is 17.8 Å². The number of carbonyl (C=O) groups is 2. The molecule has 0 aliphatic heterocycles. The molecule has 6 N–H and O–H groups in total. The Morgan fingerprint density at radius 1 is 1.20 bits per heavy atom. The number of carboxylic acids is 2. The van der Waals surface area contributed by atoms with E-state index in [9.17, 15) is 9.59 Å². The van der Waals surface area contributed by atoms with Gasteiger partial charge in [-0.05, 0) is 5.56 Å². The van der Waals surface area contributed by atoms with E-state index < -0.39 is 24.4 Å². The molecule has 0 amide bonds. The monoisotopic (exact) mass is 300 g/mol. The van der Waals surface area contributed by atoms with Gasteiger partial charge in [0.05, 0.1) is 6.42 Å². The molecule has 0 aliphatic rings. The van der Waals surface area contributed by atoms with E-state index in [1.165, 1.54) is 5.56 Å². The maximum absolute atomic E-state index is 9.85. The van der Waals surface area contributed by atoms with Crippen LogP contribution in [0.4, 0.5) is 0 Å². The van der Waals surface area contributed by atoms with Crippen molar-refractivity contribution >= 4 is 23.7 Å². The fraction of sp³-hybridized carbons (Fsp3) is 0.385. The number of hydrogen-bond acceptors (Lipinski definition) is 5. The van der Waals surface area contributed by atoms with Crippen LogP contribution in [0, 0.1) is 0 Å². The van der Waals surface area contributed by atoms with E-state index in [0.29, 0.717) is 0 Å². The molecule has 0 saturated carbocycles. The van der Waals surface area contributed by atoms with E-state index in [2.05, 4.69) is 24.3 Å². The van der Waals surface area contributed by atoms with Crippen LogP contribution in [-0.2, 0) is 15.3 Å². The first kappa shape index (κ1) is 18.4. The molecule has 1 rings (SSSR count). The topological polar surface area (TPSA) is 127 Å². The minimum Gasteiger partial charge on any atom is -0.481 e. The zero-order valence-electron chi connectivity index (χ0n) is 11.1. The summed E-state index contributed by atoms with van der Waals surface area (Å²) >= 11 is 1.88. The van der Waals surface area contributed by atoms with Crippen LogP contribution in [0.25, 0.3) is 0 Å². The number of hydrogen-bond donors (Lipinski definition) is 4. The smallest absolute Gasteiger partial charge is 0.321 e. The summed E-state index contributed by atoms with van der Waals surface area (Å²) < 4.78 is 0. The number of benzene rings is 1. The first-order valence-corrected chi connectivity index (χ1v) is 7.14. The van der Waals surface area contributed by atoms with Crippen molar-refractivity contribution in [3.63, 3.8) is 0 Å². The molecule has 1 aromatic rings. The van der Waals surface area contributed by atoms with Crippen molar-refractivity contribution in [3.8, 4) is 0 Å². The van der Waals surface area contributed by atoms with Crippen LogP contribution in [0.15, 0.2) is 30.3 Å². The van der Waals surface area contributed by atoms with Gasteiger partial charge in [0.1, 0.15) is 6.04 Å². The van der Waals surface area contributed by atoms with E-state index >= 15 is 0 Å². The highest BCUT2D eigenvalue weighted by atomic mass is 32.2. The molecule has 0 aromatic heterocycles. The molecule has 0 fully saturated rings. The highest BCUT2D eigenvalue weighted by Gasteiger charge is 2.14. The lowest BCUT2D eigenvalue weighted by molar-refractivity contribution is -0.144. The molecular weight excluding hydrogens is 280 g/mol. The first-order valence-electron chi connectivity index (χ1n) is 5.99. The van der Waals surface area contributed by atoms with Crippen molar-refractivity contribution < 1.29 is 19.8 Å². The van der Waals surface area contributed by atoms with Gasteiger partial charge in [0.2, 0.25) is 0 Å². The molecule has 7 heteroatoms. The van der Waals surface area contributed by atoms with E-state index in [0.717, 1.165) is 18.1 Å². The molecular formula is C13H20N2O4S. The summed E-state index contributed by atoms with van der Waals surface area (Å²) in [7, 11) is 0. The first-order chi connectivity index (χ1) is 9.47. The van der Waals surface area contributed by atoms with Gasteiger partial charge >= 0.3 is 11.9 Å². The van der Waals surface area contributed by atoms with Gasteiger partial charge in [-0.1, -0.05) is 30.3 Å². The van der Waals surface area contributed by atoms with Crippen LogP contribution in [0.1, 0.15) is 12.0 Å². The van der Waals surface area contributed by atoms with Crippen LogP contribution < -0.4 is 11.5 Å². The molecule has 20 heavy (non-hydrogen) atoms. The summed E-state index contributed by atoms with van der Waals surface area (Å²) in [5.41, 5.74) is 11.6. The fourth-order valence-corrected chi connectivity index (χ4v) is 1.86. The van der Waals surface area contributed by atoms with Gasteiger partial charge in [0.15, 0.2) is 0 Å². The molecule has 0 bridgehead atoms. The predicted molar refractivity (Wildman–Crippen MR) is 79.5 cm³/mol. The zero-order chi connectivity index (χ0) is 15.4. The van der Waals surface area contributed by atoms with Crippen molar-refractivity contribution in [1.29, 1.82) is 0 Å². The minimum atomic E-state index is -1.29. The summed E-state index contributed by atoms with van der Waals surface area (Å²) in [6.45, 7) is 0.775. The van der Waals surface area contributed by atoms with Crippen molar-refractivity contribution in [2.24, 2.45) is 11.5 Å². The summed E-state index contributed by atoms with van der Waals surface area (Å²) in [5, 5.41) is 16.0. The van der Waals surface area contributed by atoms with Crippen LogP contribution >= 0.6 is 11.8 Å². The normalized spacial score (nSPS) is 11.1. The number of nitrogens with two attached hydrogens (primary N) is 2. The number of aliphatic carboxylic acids is 2. The lowest BCUT2D eigenvalue weighted by Crippen LogP contribution is -2.32. The third-order valence-corrected chi connectivity index (χ3v) is 3.15. The Kier molecular flexibility index (Phi) is 10.4. The van der Waals surface area contributed by atoms with E-state index in [-0.39, 0.29) is 0 Å². The quantitative estimate of drug-likeness (QED) is 0.547. The Morgan fingerprint density at radius 2 is 1.80 bits per heavy atom. The Hall–Kier alpha value is -1.57. The predicted octanol–water partition coefficient (Wildman–Crippen LogP) is 0.752. The van der Waals surface area contributed by atoms with E-state index in [4.69, 9.17) is 21.7 Å². The van der Waals surface area contributed by atoms with Gasteiger partial charge in [-0.15, -0.1) is 0 Å². The number of thioether (sulfide) groups is 1. The molecule has 1 aromatic carbocycles. The Labute approximate surface area is 122 Å². The van der Waals surface area contributed by atoms with Crippen molar-refractivity contribution in [3.05, 3.63) is 35.9 Å². The summed E-state index contributed by atoms with van der Waals surface area (Å²) in [5.74, 6) is -0.366. The Balaban J connectivity index is 0.000000370. The lowest BCUT2D eigenvalue weighted by Gasteiger charge is -1.99. The third kappa shape index (κ3) is 10.4. The highest BCUT2D eigenvalue weighted by Crippen LogP contribution is 2.09. The van der Waals surface area contributed by atoms with Gasteiger partial charge < -0.3 is 21.7 Å². The lowest BCUT2D eigenvalue weighted by atomic mass is 10.2. The van der Waals surface area contributed by atoms with Gasteiger partial charge in [-0.25, -0.2) is 0 Å². The van der Waals surface area contributed by atoms with Gasteiger partial charge in [-0.3, -0.25) is 9.59 Å². The Bertz CT molecular complexity index is 401. The van der Waals surface area contributed by atoms with Gasteiger partial charge in [-0.2, -0.15) is 11.8 Å². The fourth-order valence-electron chi connectivity index (χ4n) is 1.12. The molecule has 112 valence electrons. The summed E-state index contributed by atoms with van der Waals surface area (Å²) in [4.78, 5) is 19.6. The molecule has 0 heterocycles. The molecule has 6 nitrogen and oxygen atoms in total. The minimum absolute atomic E-state index is 0.532. The zero-order valence-corrected chi connectivity index (χ0v) is 11.9. The van der Waals surface area contributed by atoms with Crippen molar-refractivity contribution in [2.75, 3.05) is 12.3 Å². The third-order valence-electron chi connectivity index (χ3n) is 2.09. The van der Waals surface area contributed by atoms with Crippen LogP contribution in [0.2, 0.25) is 0 Å². The summed E-state index contributed by atoms with van der Waals surface area (Å²) in [6.07, 6.45) is -0.532. The number of rotatable bonds is 7. The largest absolute Gasteiger partial charge is 0.481 e. The molecule has 0 unspecified atom stereocenters. The maximum Gasteiger partial charge on any atom is 0.321 e. The SMILES string of the molecule is NCCSCc1ccccc1.N[C@@H](CC(=O)O)C(=O)O. The standard InChI is InChI=1S/C9H13NS.C4H7NO4/c10-6-7-11-8-9-4-2-1-3-5-9;5-2(4(8)9)1-3(6)7/h1-5H,6-8,10H2;2H,1,5H2,(H,6,7)(H,8,9)/t;2-/m.0/s1. The van der Waals surface area contributed by atoms with Crippen LogP contribution in [0.5, 0.6) is 0 Å². The number of carboxylic acid groups (broad SMARTS) is 2. The van der Waals surface area contributed by atoms with Crippen LogP contribution in [0.3, 0.4) is 0 Å². The highest BCUT2D eigenvalue weighted by molar-refractivity contribution is 7.98. The van der Waals surface area contributed by atoms with Crippen molar-refractivity contribution in [2.45, 2.75) is 18.2 Å². The second kappa shape index (κ2) is 11.3. The van der Waals surface area contributed by atoms with Crippen LogP contribution in [-0.4, -0.2) is 40.5 Å². The average molecular weight is 300 g/mol. The Morgan fingerprint density at radius 3 is 2.20 bits per heavy atom. The summed E-state index contributed by atoms with van der Waals surface area (Å²) in [6, 6.07) is 9.17. The molecule has 0 saturated heterocycles. The molecule has 0 aliphatic carbocycles. The van der Waals surface area contributed by atoms with Gasteiger partial charge in [0.25, 0.3) is 0 Å². The second-order valence-corrected chi connectivity index (χ2v) is 4.97. The molecule has 0 radical (unpaired) electrons. The second-order valence-electron chi connectivity index (χ2n) is 3.87. The van der Waals surface area contributed by atoms with Gasteiger partial charge in [0, 0.05) is 18.1 Å². The molecule has 0 spiro atoms.